The molecule has 1 amide bonds. The molecular formula is C22H26FN7O. The van der Waals surface area contributed by atoms with Gasteiger partial charge in [-0.15, -0.1) is 0 Å². The van der Waals surface area contributed by atoms with Crippen molar-refractivity contribution in [1.29, 1.82) is 0 Å². The van der Waals surface area contributed by atoms with Crippen LogP contribution in [0.2, 0.25) is 0 Å². The average molecular weight is 423 g/mol. The van der Waals surface area contributed by atoms with Crippen LogP contribution in [0.25, 0.3) is 16.7 Å². The van der Waals surface area contributed by atoms with Crippen LogP contribution in [0.15, 0.2) is 24.5 Å². The summed E-state index contributed by atoms with van der Waals surface area (Å²) in [7, 11) is 2.05. The van der Waals surface area contributed by atoms with E-state index < -0.39 is 11.7 Å². The maximum absolute atomic E-state index is 14.0. The first kappa shape index (κ1) is 19.7. The van der Waals surface area contributed by atoms with E-state index in [1.54, 1.807) is 4.52 Å². The molecule has 0 bridgehead atoms. The summed E-state index contributed by atoms with van der Waals surface area (Å²) in [4.78, 5) is 22.0. The highest BCUT2D eigenvalue weighted by Gasteiger charge is 2.35. The number of aromatic amines is 1. The van der Waals surface area contributed by atoms with Gasteiger partial charge < -0.3 is 15.3 Å². The summed E-state index contributed by atoms with van der Waals surface area (Å²) in [5.74, 6) is -0.158. The fourth-order valence-electron chi connectivity index (χ4n) is 4.72. The molecule has 4 aromatic rings. The highest BCUT2D eigenvalue weighted by molar-refractivity contribution is 6.05. The molecule has 1 saturated heterocycles. The van der Waals surface area contributed by atoms with Crippen LogP contribution in [0.4, 0.5) is 4.39 Å². The zero-order valence-electron chi connectivity index (χ0n) is 17.9. The Labute approximate surface area is 178 Å². The molecule has 3 N–H and O–H groups in total. The van der Waals surface area contributed by atoms with Gasteiger partial charge in [0.25, 0.3) is 5.91 Å². The van der Waals surface area contributed by atoms with E-state index in [1.165, 1.54) is 17.8 Å². The number of nitrogens with zero attached hydrogens (tertiary/aromatic N) is 5. The van der Waals surface area contributed by atoms with Crippen LogP contribution < -0.4 is 5.73 Å². The van der Waals surface area contributed by atoms with E-state index in [0.717, 1.165) is 49.5 Å². The minimum absolute atomic E-state index is 0.0765. The lowest BCUT2D eigenvalue weighted by Gasteiger charge is -2.39. The number of halogens is 1. The van der Waals surface area contributed by atoms with Crippen molar-refractivity contribution in [1.82, 2.24) is 29.0 Å². The Morgan fingerprint density at radius 1 is 1.29 bits per heavy atom. The Hall–Kier alpha value is -3.20. The number of fused-ring (bicyclic) bond motifs is 3. The molecule has 1 aliphatic heterocycles. The second-order valence-corrected chi connectivity index (χ2v) is 8.85. The lowest BCUT2D eigenvalue weighted by molar-refractivity contribution is 0.100. The molecular weight excluding hydrogens is 397 g/mol. The van der Waals surface area contributed by atoms with Gasteiger partial charge in [0.2, 0.25) is 0 Å². The van der Waals surface area contributed by atoms with E-state index >= 15 is 0 Å². The Morgan fingerprint density at radius 2 is 2.03 bits per heavy atom. The van der Waals surface area contributed by atoms with Gasteiger partial charge in [-0.2, -0.15) is 5.10 Å². The summed E-state index contributed by atoms with van der Waals surface area (Å²) >= 11 is 0. The highest BCUT2D eigenvalue weighted by Crippen LogP contribution is 2.38. The largest absolute Gasteiger partial charge is 0.366 e. The van der Waals surface area contributed by atoms with Crippen LogP contribution in [-0.2, 0) is 19.0 Å². The first-order chi connectivity index (χ1) is 14.8. The van der Waals surface area contributed by atoms with Crippen molar-refractivity contribution < 1.29 is 9.18 Å². The molecule has 0 unspecified atom stereocenters. The van der Waals surface area contributed by atoms with Crippen LogP contribution in [0.1, 0.15) is 47.2 Å². The number of likely N-dealkylation sites (tertiary alicyclic amines) is 1. The number of hydrogen-bond acceptors (Lipinski definition) is 4. The van der Waals surface area contributed by atoms with Gasteiger partial charge in [0, 0.05) is 30.8 Å². The molecule has 31 heavy (non-hydrogen) atoms. The number of nitrogens with two attached hydrogens (primary N) is 1. The third kappa shape index (κ3) is 3.11. The molecule has 1 aliphatic rings. The summed E-state index contributed by atoms with van der Waals surface area (Å²) in [6, 6.07) is 2.54. The number of carbonyl (C=O) groups is 1. The maximum atomic E-state index is 14.0. The molecule has 9 heteroatoms. The van der Waals surface area contributed by atoms with Crippen molar-refractivity contribution in [2.24, 2.45) is 12.8 Å². The molecule has 162 valence electrons. The zero-order chi connectivity index (χ0) is 21.9. The van der Waals surface area contributed by atoms with Gasteiger partial charge in [-0.1, -0.05) is 6.92 Å². The van der Waals surface area contributed by atoms with Crippen LogP contribution in [0, 0.1) is 12.7 Å². The number of primary amides is 1. The van der Waals surface area contributed by atoms with Gasteiger partial charge in [-0.25, -0.2) is 13.9 Å². The zero-order valence-corrected chi connectivity index (χ0v) is 17.9. The summed E-state index contributed by atoms with van der Waals surface area (Å²) < 4.78 is 17.8. The molecule has 1 aromatic carbocycles. The third-order valence-electron chi connectivity index (χ3n) is 6.89. The van der Waals surface area contributed by atoms with Crippen molar-refractivity contribution in [2.75, 3.05) is 13.1 Å². The molecule has 3 aromatic heterocycles. The summed E-state index contributed by atoms with van der Waals surface area (Å²) in [6.45, 7) is 7.05. The van der Waals surface area contributed by atoms with Gasteiger partial charge in [0.1, 0.15) is 22.8 Å². The summed E-state index contributed by atoms with van der Waals surface area (Å²) in [5.41, 5.74) is 9.66. The monoisotopic (exact) mass is 423 g/mol. The molecule has 0 spiro atoms. The van der Waals surface area contributed by atoms with Crippen molar-refractivity contribution in [3.05, 3.63) is 53.0 Å². The predicted molar refractivity (Wildman–Crippen MR) is 115 cm³/mol. The molecule has 0 radical (unpaired) electrons. The lowest BCUT2D eigenvalue weighted by atomic mass is 9.75. The van der Waals surface area contributed by atoms with Crippen LogP contribution in [0.3, 0.4) is 0 Å². The number of benzene rings is 1. The number of carbonyl (C=O) groups excluding carboxylic acids is 1. The first-order valence-corrected chi connectivity index (χ1v) is 10.5. The number of imidazole rings is 2. The van der Waals surface area contributed by atoms with E-state index in [9.17, 15) is 9.18 Å². The Bertz CT molecular complexity index is 1310. The third-order valence-corrected chi connectivity index (χ3v) is 6.89. The van der Waals surface area contributed by atoms with Gasteiger partial charge in [-0.05, 0) is 45.0 Å². The topological polar surface area (TPSA) is 97.2 Å². The van der Waals surface area contributed by atoms with Crippen molar-refractivity contribution in [2.45, 2.75) is 38.6 Å². The second-order valence-electron chi connectivity index (χ2n) is 8.85. The van der Waals surface area contributed by atoms with Gasteiger partial charge in [0.15, 0.2) is 0 Å². The van der Waals surface area contributed by atoms with E-state index in [4.69, 9.17) is 5.73 Å². The van der Waals surface area contributed by atoms with E-state index in [2.05, 4.69) is 38.5 Å². The Balaban J connectivity index is 1.45. The molecule has 5 rings (SSSR count). The maximum Gasteiger partial charge on any atom is 0.251 e. The SMILES string of the molecule is Cc1ncc(CN2CCC(C)(c3cnn4c3[nH]c3cc(F)cc(C(N)=O)c34)CC2)n1C. The molecule has 4 heterocycles. The quantitative estimate of drug-likeness (QED) is 0.527. The first-order valence-electron chi connectivity index (χ1n) is 10.5. The van der Waals surface area contributed by atoms with Crippen LogP contribution in [-0.4, -0.2) is 48.0 Å². The van der Waals surface area contributed by atoms with Crippen LogP contribution >= 0.6 is 0 Å². The fraction of sp³-hybridized carbons (Fsp3) is 0.409. The smallest absolute Gasteiger partial charge is 0.251 e. The lowest BCUT2D eigenvalue weighted by Crippen LogP contribution is -2.40. The Kier molecular flexibility index (Phi) is 4.40. The molecule has 0 aliphatic carbocycles. The molecule has 1 fully saturated rings. The number of rotatable bonds is 4. The highest BCUT2D eigenvalue weighted by atomic mass is 19.1. The molecule has 0 atom stereocenters. The number of nitrogens with one attached hydrogen (secondary N) is 1. The standard InChI is InChI=1S/C22H26FN7O/c1-13-25-10-15(28(13)3)12-29-6-4-22(2,5-7-29)17-11-26-30-19-16(20(24)31)8-14(23)9-18(19)27-21(17)30/h8-11,27H,4-7,12H2,1-3H3,(H2,24,31). The van der Waals surface area contributed by atoms with E-state index in [0.29, 0.717) is 11.0 Å². The minimum Gasteiger partial charge on any atom is -0.366 e. The van der Waals surface area contributed by atoms with Crippen molar-refractivity contribution in [3.8, 4) is 0 Å². The number of aromatic nitrogens is 5. The average Bonchev–Trinajstić information content (AvgIpc) is 3.38. The second kappa shape index (κ2) is 6.91. The van der Waals surface area contributed by atoms with Crippen LogP contribution in [0.5, 0.6) is 0 Å². The normalized spacial score (nSPS) is 17.0. The van der Waals surface area contributed by atoms with Crippen molar-refractivity contribution >= 4 is 22.6 Å². The number of H-pyrrole nitrogens is 1. The van der Waals surface area contributed by atoms with E-state index in [-0.39, 0.29) is 11.0 Å². The van der Waals surface area contributed by atoms with E-state index in [1.807, 2.05) is 19.3 Å². The van der Waals surface area contributed by atoms with Gasteiger partial charge >= 0.3 is 0 Å². The number of amides is 1. The fourth-order valence-corrected chi connectivity index (χ4v) is 4.72. The van der Waals surface area contributed by atoms with Gasteiger partial charge in [-0.3, -0.25) is 9.69 Å². The number of piperidine rings is 1. The number of hydrogen-bond donors (Lipinski definition) is 2. The predicted octanol–water partition coefficient (Wildman–Crippen LogP) is 2.65. The summed E-state index contributed by atoms with van der Waals surface area (Å²) in [5, 5.41) is 4.53. The number of aryl methyl sites for hydroxylation is 1. The Morgan fingerprint density at radius 3 is 2.68 bits per heavy atom. The summed E-state index contributed by atoms with van der Waals surface area (Å²) in [6.07, 6.45) is 5.75. The minimum atomic E-state index is -0.674. The van der Waals surface area contributed by atoms with Crippen molar-refractivity contribution in [3.63, 3.8) is 0 Å². The molecule has 8 nitrogen and oxygen atoms in total. The molecule has 0 saturated carbocycles. The van der Waals surface area contributed by atoms with Gasteiger partial charge in [0.05, 0.1) is 23.0 Å².